The first-order valence-corrected chi connectivity index (χ1v) is 5.98. The first kappa shape index (κ1) is 13.4. The lowest BCUT2D eigenvalue weighted by Crippen LogP contribution is -2.30. The molecule has 104 valence electrons. The van der Waals surface area contributed by atoms with E-state index in [2.05, 4.69) is 0 Å². The molecule has 0 bridgehead atoms. The molecule has 0 saturated carbocycles. The molecule has 1 fully saturated rings. The van der Waals surface area contributed by atoms with Crippen LogP contribution in [-0.2, 0) is 4.84 Å². The predicted octanol–water partition coefficient (Wildman–Crippen LogP) is 2.14. The molecule has 7 heteroatoms. The molecule has 0 radical (unpaired) electrons. The molecule has 1 aromatic carbocycles. The van der Waals surface area contributed by atoms with Crippen molar-refractivity contribution in [3.8, 4) is 11.5 Å². The summed E-state index contributed by atoms with van der Waals surface area (Å²) in [6.07, 6.45) is 1.89. The fraction of sp³-hybridized carbons (Fsp3) is 0.500. The van der Waals surface area contributed by atoms with Gasteiger partial charge in [0.05, 0.1) is 31.8 Å². The third kappa shape index (κ3) is 2.70. The Labute approximate surface area is 110 Å². The van der Waals surface area contributed by atoms with Gasteiger partial charge in [0.25, 0.3) is 5.69 Å². The molecule has 1 saturated heterocycles. The Morgan fingerprint density at radius 3 is 2.47 bits per heavy atom. The van der Waals surface area contributed by atoms with Crippen molar-refractivity contribution in [3.05, 3.63) is 22.2 Å². The summed E-state index contributed by atoms with van der Waals surface area (Å²) in [7, 11) is 2.93. The van der Waals surface area contributed by atoms with Gasteiger partial charge in [-0.1, -0.05) is 0 Å². The van der Waals surface area contributed by atoms with Crippen molar-refractivity contribution >= 4 is 11.4 Å². The van der Waals surface area contributed by atoms with E-state index in [-0.39, 0.29) is 5.69 Å². The van der Waals surface area contributed by atoms with Crippen LogP contribution in [0, 0.1) is 10.1 Å². The summed E-state index contributed by atoms with van der Waals surface area (Å²) in [6.45, 7) is 1.18. The van der Waals surface area contributed by atoms with Gasteiger partial charge in [-0.05, 0) is 12.8 Å². The van der Waals surface area contributed by atoms with Gasteiger partial charge in [-0.2, -0.15) is 0 Å². The second kappa shape index (κ2) is 5.75. The molecule has 0 amide bonds. The number of hydrogen-bond acceptors (Lipinski definition) is 6. The maximum absolute atomic E-state index is 11.2. The molecule has 0 unspecified atom stereocenters. The van der Waals surface area contributed by atoms with Crippen LogP contribution in [0.3, 0.4) is 0 Å². The van der Waals surface area contributed by atoms with Crippen LogP contribution in [0.2, 0.25) is 0 Å². The molecular weight excluding hydrogens is 252 g/mol. The minimum atomic E-state index is -0.449. The lowest BCUT2D eigenvalue weighted by atomic mass is 10.2. The third-order valence-corrected chi connectivity index (χ3v) is 2.95. The zero-order chi connectivity index (χ0) is 13.8. The SMILES string of the molecule is COc1cc(N2CCCCO2)c([N+](=O)[O-])cc1OC. The fourth-order valence-corrected chi connectivity index (χ4v) is 1.99. The Bertz CT molecular complexity index is 471. The van der Waals surface area contributed by atoms with E-state index >= 15 is 0 Å². The van der Waals surface area contributed by atoms with Gasteiger partial charge in [-0.15, -0.1) is 0 Å². The summed E-state index contributed by atoms with van der Waals surface area (Å²) in [6, 6.07) is 2.93. The van der Waals surface area contributed by atoms with E-state index in [1.54, 1.807) is 11.1 Å². The van der Waals surface area contributed by atoms with E-state index in [1.807, 2.05) is 0 Å². The van der Waals surface area contributed by atoms with Crippen LogP contribution in [0.15, 0.2) is 12.1 Å². The minimum Gasteiger partial charge on any atom is -0.493 e. The van der Waals surface area contributed by atoms with Crippen molar-refractivity contribution in [2.45, 2.75) is 12.8 Å². The normalized spacial score (nSPS) is 15.2. The molecule has 1 aliphatic heterocycles. The first-order valence-electron chi connectivity index (χ1n) is 5.98. The highest BCUT2D eigenvalue weighted by molar-refractivity contribution is 5.68. The van der Waals surface area contributed by atoms with Crippen molar-refractivity contribution in [2.75, 3.05) is 32.4 Å². The smallest absolute Gasteiger partial charge is 0.298 e. The Balaban J connectivity index is 2.46. The molecule has 0 N–H and O–H groups in total. The highest BCUT2D eigenvalue weighted by Crippen LogP contribution is 2.40. The van der Waals surface area contributed by atoms with Crippen molar-refractivity contribution in [1.82, 2.24) is 0 Å². The number of hydrogen-bond donors (Lipinski definition) is 0. The summed E-state index contributed by atoms with van der Waals surface area (Å²) < 4.78 is 10.3. The van der Waals surface area contributed by atoms with Crippen molar-refractivity contribution in [1.29, 1.82) is 0 Å². The monoisotopic (exact) mass is 268 g/mol. The Morgan fingerprint density at radius 1 is 1.26 bits per heavy atom. The second-order valence-electron chi connectivity index (χ2n) is 4.10. The maximum atomic E-state index is 11.2. The van der Waals surface area contributed by atoms with Crippen molar-refractivity contribution in [3.63, 3.8) is 0 Å². The zero-order valence-electron chi connectivity index (χ0n) is 10.9. The van der Waals surface area contributed by atoms with Gasteiger partial charge >= 0.3 is 0 Å². The minimum absolute atomic E-state index is 0.0560. The van der Waals surface area contributed by atoms with Gasteiger partial charge in [0.2, 0.25) is 0 Å². The highest BCUT2D eigenvalue weighted by atomic mass is 16.7. The Hall–Kier alpha value is -2.02. The van der Waals surface area contributed by atoms with E-state index in [0.717, 1.165) is 12.8 Å². The average Bonchev–Trinajstić information content (AvgIpc) is 2.46. The van der Waals surface area contributed by atoms with Crippen molar-refractivity contribution < 1.29 is 19.2 Å². The summed E-state index contributed by atoms with van der Waals surface area (Å²) >= 11 is 0. The molecule has 0 atom stereocenters. The molecular formula is C12H16N2O5. The van der Waals surface area contributed by atoms with Crippen molar-refractivity contribution in [2.24, 2.45) is 0 Å². The van der Waals surface area contributed by atoms with Gasteiger partial charge in [0, 0.05) is 12.6 Å². The summed E-state index contributed by atoms with van der Waals surface area (Å²) in [5.74, 6) is 0.771. The van der Waals surface area contributed by atoms with Crippen LogP contribution >= 0.6 is 0 Å². The van der Waals surface area contributed by atoms with E-state index in [4.69, 9.17) is 14.3 Å². The molecule has 1 heterocycles. The van der Waals surface area contributed by atoms with Gasteiger partial charge in [-0.3, -0.25) is 15.0 Å². The third-order valence-electron chi connectivity index (χ3n) is 2.95. The molecule has 2 rings (SSSR count). The van der Waals surface area contributed by atoms with E-state index in [9.17, 15) is 10.1 Å². The largest absolute Gasteiger partial charge is 0.493 e. The Kier molecular flexibility index (Phi) is 4.06. The zero-order valence-corrected chi connectivity index (χ0v) is 10.9. The number of ether oxygens (including phenoxy) is 2. The summed E-state index contributed by atoms with van der Waals surface area (Å²) in [5, 5.41) is 12.7. The number of nitrogens with zero attached hydrogens (tertiary/aromatic N) is 2. The Morgan fingerprint density at radius 2 is 1.95 bits per heavy atom. The number of nitro benzene ring substituents is 1. The molecule has 0 aliphatic carbocycles. The van der Waals surface area contributed by atoms with Crippen LogP contribution in [0.5, 0.6) is 11.5 Å². The predicted molar refractivity (Wildman–Crippen MR) is 68.7 cm³/mol. The van der Waals surface area contributed by atoms with Crippen LogP contribution in [0.4, 0.5) is 11.4 Å². The second-order valence-corrected chi connectivity index (χ2v) is 4.10. The molecule has 1 aliphatic rings. The first-order chi connectivity index (χ1) is 9.17. The topological polar surface area (TPSA) is 74.1 Å². The molecule has 7 nitrogen and oxygen atoms in total. The standard InChI is InChI=1S/C12H16N2O5/c1-17-11-7-9(13-5-3-4-6-19-13)10(14(15)16)8-12(11)18-2/h7-8H,3-6H2,1-2H3. The quantitative estimate of drug-likeness (QED) is 0.615. The molecule has 1 aromatic rings. The lowest BCUT2D eigenvalue weighted by Gasteiger charge is -2.27. The van der Waals surface area contributed by atoms with Gasteiger partial charge < -0.3 is 9.47 Å². The number of hydroxylamine groups is 1. The number of anilines is 1. The molecule has 0 aromatic heterocycles. The average molecular weight is 268 g/mol. The number of methoxy groups -OCH3 is 2. The van der Waals surface area contributed by atoms with Gasteiger partial charge in [0.15, 0.2) is 11.5 Å². The number of rotatable bonds is 4. The number of nitro groups is 1. The van der Waals surface area contributed by atoms with Gasteiger partial charge in [-0.25, -0.2) is 5.06 Å². The van der Waals surface area contributed by atoms with Crippen LogP contribution in [0.1, 0.15) is 12.8 Å². The summed E-state index contributed by atoms with van der Waals surface area (Å²) in [4.78, 5) is 16.2. The van der Waals surface area contributed by atoms with Crippen LogP contribution in [-0.4, -0.2) is 32.3 Å². The van der Waals surface area contributed by atoms with Gasteiger partial charge in [0.1, 0.15) is 5.69 Å². The van der Waals surface area contributed by atoms with E-state index < -0.39 is 4.92 Å². The lowest BCUT2D eigenvalue weighted by molar-refractivity contribution is -0.384. The number of benzene rings is 1. The molecule has 0 spiro atoms. The van der Waals surface area contributed by atoms with E-state index in [0.29, 0.717) is 30.3 Å². The van der Waals surface area contributed by atoms with E-state index in [1.165, 1.54) is 20.3 Å². The molecule has 19 heavy (non-hydrogen) atoms. The van der Waals surface area contributed by atoms with Crippen LogP contribution in [0.25, 0.3) is 0 Å². The highest BCUT2D eigenvalue weighted by Gasteiger charge is 2.25. The van der Waals surface area contributed by atoms with Crippen LogP contribution < -0.4 is 14.5 Å². The summed E-state index contributed by atoms with van der Waals surface area (Å²) in [5.41, 5.74) is 0.335. The fourth-order valence-electron chi connectivity index (χ4n) is 1.99. The maximum Gasteiger partial charge on any atom is 0.298 e.